The molecule has 2 aromatic rings. The number of nitrogens with one attached hydrogen (secondary N) is 1. The van der Waals surface area contributed by atoms with Crippen molar-refractivity contribution in [2.45, 2.75) is 25.3 Å². The van der Waals surface area contributed by atoms with E-state index in [1.165, 1.54) is 0 Å². The number of nitrogens with zero attached hydrogens (tertiary/aromatic N) is 1. The molecule has 0 atom stereocenters. The van der Waals surface area contributed by atoms with Gasteiger partial charge < -0.3 is 15.5 Å². The number of aryl methyl sites for hydroxylation is 1. The second-order valence-electron chi connectivity index (χ2n) is 4.99. The maximum atomic E-state index is 6.12. The third-order valence-electron chi connectivity index (χ3n) is 3.54. The van der Waals surface area contributed by atoms with Crippen LogP contribution in [0.3, 0.4) is 0 Å². The van der Waals surface area contributed by atoms with Crippen LogP contribution in [0.5, 0.6) is 5.75 Å². The summed E-state index contributed by atoms with van der Waals surface area (Å²) in [5.41, 5.74) is 9.14. The lowest BCUT2D eigenvalue weighted by atomic mass is 10.1. The number of aromatic nitrogens is 2. The molecule has 0 unspecified atom stereocenters. The van der Waals surface area contributed by atoms with E-state index in [0.29, 0.717) is 0 Å². The third-order valence-corrected chi connectivity index (χ3v) is 3.54. The van der Waals surface area contributed by atoms with Gasteiger partial charge in [-0.25, -0.2) is 4.98 Å². The molecular formula is C14H17N3O. The van der Waals surface area contributed by atoms with Gasteiger partial charge in [-0.05, 0) is 43.5 Å². The largest absolute Gasteiger partial charge is 0.496 e. The minimum atomic E-state index is -0.209. The van der Waals surface area contributed by atoms with Crippen molar-refractivity contribution in [1.29, 1.82) is 0 Å². The fraction of sp³-hybridized carbons (Fsp3) is 0.357. The molecule has 1 aliphatic carbocycles. The SMILES string of the molecule is COc1ccc(-c2cnc(C3(N)CC3)[nH]2)cc1C. The second kappa shape index (κ2) is 3.85. The number of nitrogens with two attached hydrogens (primary N) is 1. The average molecular weight is 243 g/mol. The van der Waals surface area contributed by atoms with Crippen LogP contribution in [0.2, 0.25) is 0 Å². The molecule has 1 fully saturated rings. The van der Waals surface area contributed by atoms with E-state index in [9.17, 15) is 0 Å². The summed E-state index contributed by atoms with van der Waals surface area (Å²) in [5.74, 6) is 1.79. The first-order valence-corrected chi connectivity index (χ1v) is 6.12. The summed E-state index contributed by atoms with van der Waals surface area (Å²) in [4.78, 5) is 7.71. The Balaban J connectivity index is 1.95. The van der Waals surface area contributed by atoms with Gasteiger partial charge in [0.15, 0.2) is 0 Å². The Morgan fingerprint density at radius 2 is 2.17 bits per heavy atom. The molecule has 4 heteroatoms. The Kier molecular flexibility index (Phi) is 2.41. The summed E-state index contributed by atoms with van der Waals surface area (Å²) in [6, 6.07) is 6.09. The molecule has 0 saturated heterocycles. The minimum Gasteiger partial charge on any atom is -0.496 e. The number of imidazole rings is 1. The van der Waals surface area contributed by atoms with Gasteiger partial charge in [0.1, 0.15) is 11.6 Å². The van der Waals surface area contributed by atoms with Crippen molar-refractivity contribution in [3.05, 3.63) is 35.8 Å². The van der Waals surface area contributed by atoms with Gasteiger partial charge in [-0.3, -0.25) is 0 Å². The van der Waals surface area contributed by atoms with Crippen molar-refractivity contribution in [3.63, 3.8) is 0 Å². The number of aromatic amines is 1. The van der Waals surface area contributed by atoms with Crippen molar-refractivity contribution in [2.75, 3.05) is 7.11 Å². The van der Waals surface area contributed by atoms with Crippen molar-refractivity contribution in [1.82, 2.24) is 9.97 Å². The van der Waals surface area contributed by atoms with E-state index < -0.39 is 0 Å². The van der Waals surface area contributed by atoms with E-state index in [4.69, 9.17) is 10.5 Å². The quantitative estimate of drug-likeness (QED) is 0.869. The van der Waals surface area contributed by atoms with Crippen molar-refractivity contribution in [3.8, 4) is 17.0 Å². The molecule has 94 valence electrons. The molecule has 1 saturated carbocycles. The van der Waals surface area contributed by atoms with Gasteiger partial charge in [0, 0.05) is 5.56 Å². The summed E-state index contributed by atoms with van der Waals surface area (Å²) < 4.78 is 5.26. The van der Waals surface area contributed by atoms with Crippen LogP contribution in [0.25, 0.3) is 11.3 Å². The van der Waals surface area contributed by atoms with Crippen LogP contribution in [0.4, 0.5) is 0 Å². The predicted molar refractivity (Wildman–Crippen MR) is 70.4 cm³/mol. The van der Waals surface area contributed by atoms with E-state index in [-0.39, 0.29) is 5.54 Å². The van der Waals surface area contributed by atoms with Gasteiger partial charge in [0.2, 0.25) is 0 Å². The number of rotatable bonds is 3. The van der Waals surface area contributed by atoms with Gasteiger partial charge in [-0.15, -0.1) is 0 Å². The maximum absolute atomic E-state index is 6.12. The summed E-state index contributed by atoms with van der Waals surface area (Å²) in [6.07, 6.45) is 3.88. The molecule has 3 N–H and O–H groups in total. The van der Waals surface area contributed by atoms with E-state index in [2.05, 4.69) is 16.0 Å². The Morgan fingerprint density at radius 3 is 2.78 bits per heavy atom. The van der Waals surface area contributed by atoms with Crippen LogP contribution in [0.15, 0.2) is 24.4 Å². The molecule has 18 heavy (non-hydrogen) atoms. The lowest BCUT2D eigenvalue weighted by molar-refractivity contribution is 0.412. The third kappa shape index (κ3) is 1.78. The molecule has 0 spiro atoms. The highest BCUT2D eigenvalue weighted by Crippen LogP contribution is 2.41. The summed E-state index contributed by atoms with van der Waals surface area (Å²) in [7, 11) is 1.68. The van der Waals surface area contributed by atoms with Crippen LogP contribution in [-0.2, 0) is 5.54 Å². The fourth-order valence-electron chi connectivity index (χ4n) is 2.14. The van der Waals surface area contributed by atoms with Gasteiger partial charge >= 0.3 is 0 Å². The maximum Gasteiger partial charge on any atom is 0.126 e. The van der Waals surface area contributed by atoms with E-state index in [1.807, 2.05) is 25.3 Å². The van der Waals surface area contributed by atoms with Crippen molar-refractivity contribution < 1.29 is 4.74 Å². The molecule has 1 aromatic carbocycles. The molecule has 0 amide bonds. The highest BCUT2D eigenvalue weighted by molar-refractivity contribution is 5.61. The lowest BCUT2D eigenvalue weighted by Crippen LogP contribution is -2.20. The number of hydrogen-bond acceptors (Lipinski definition) is 3. The molecular weight excluding hydrogens is 226 g/mol. The number of ether oxygens (including phenoxy) is 1. The van der Waals surface area contributed by atoms with Crippen LogP contribution in [-0.4, -0.2) is 17.1 Å². The molecule has 1 heterocycles. The summed E-state index contributed by atoms with van der Waals surface area (Å²) in [5, 5.41) is 0. The highest BCUT2D eigenvalue weighted by atomic mass is 16.5. The van der Waals surface area contributed by atoms with Gasteiger partial charge in [0.05, 0.1) is 24.5 Å². The standard InChI is InChI=1S/C14H17N3O/c1-9-7-10(3-4-12(9)18-2)11-8-16-13(17-11)14(15)5-6-14/h3-4,7-8H,5-6,15H2,1-2H3,(H,16,17). The first kappa shape index (κ1) is 11.3. The first-order valence-electron chi connectivity index (χ1n) is 6.12. The van der Waals surface area contributed by atoms with Gasteiger partial charge in [-0.2, -0.15) is 0 Å². The van der Waals surface area contributed by atoms with Crippen LogP contribution in [0.1, 0.15) is 24.2 Å². The van der Waals surface area contributed by atoms with E-state index in [0.717, 1.165) is 41.2 Å². The minimum absolute atomic E-state index is 0.209. The molecule has 0 aliphatic heterocycles. The molecule has 4 nitrogen and oxygen atoms in total. The smallest absolute Gasteiger partial charge is 0.126 e. The Bertz CT molecular complexity index is 584. The van der Waals surface area contributed by atoms with Crippen molar-refractivity contribution >= 4 is 0 Å². The van der Waals surface area contributed by atoms with Crippen LogP contribution >= 0.6 is 0 Å². The van der Waals surface area contributed by atoms with E-state index in [1.54, 1.807) is 7.11 Å². The van der Waals surface area contributed by atoms with Crippen molar-refractivity contribution in [2.24, 2.45) is 5.73 Å². The molecule has 0 bridgehead atoms. The zero-order chi connectivity index (χ0) is 12.8. The zero-order valence-corrected chi connectivity index (χ0v) is 10.7. The summed E-state index contributed by atoms with van der Waals surface area (Å²) in [6.45, 7) is 2.03. The first-order chi connectivity index (χ1) is 8.62. The number of H-pyrrole nitrogens is 1. The molecule has 3 rings (SSSR count). The highest BCUT2D eigenvalue weighted by Gasteiger charge is 2.42. The summed E-state index contributed by atoms with van der Waals surface area (Å²) >= 11 is 0. The molecule has 1 aromatic heterocycles. The number of hydrogen-bond donors (Lipinski definition) is 2. The van der Waals surface area contributed by atoms with Crippen LogP contribution in [0, 0.1) is 6.92 Å². The van der Waals surface area contributed by atoms with Gasteiger partial charge in [-0.1, -0.05) is 0 Å². The monoisotopic (exact) mass is 243 g/mol. The fourth-order valence-corrected chi connectivity index (χ4v) is 2.14. The normalized spacial score (nSPS) is 16.6. The van der Waals surface area contributed by atoms with Crippen LogP contribution < -0.4 is 10.5 Å². The number of benzene rings is 1. The molecule has 0 radical (unpaired) electrons. The zero-order valence-electron chi connectivity index (χ0n) is 10.7. The Hall–Kier alpha value is -1.81. The number of methoxy groups -OCH3 is 1. The topological polar surface area (TPSA) is 63.9 Å². The lowest BCUT2D eigenvalue weighted by Gasteiger charge is -2.06. The second-order valence-corrected chi connectivity index (χ2v) is 4.99. The Labute approximate surface area is 106 Å². The average Bonchev–Trinajstić information content (AvgIpc) is 2.94. The van der Waals surface area contributed by atoms with Gasteiger partial charge in [0.25, 0.3) is 0 Å². The van der Waals surface area contributed by atoms with E-state index >= 15 is 0 Å². The Morgan fingerprint density at radius 1 is 1.39 bits per heavy atom. The molecule has 1 aliphatic rings. The predicted octanol–water partition coefficient (Wildman–Crippen LogP) is 2.34.